The lowest BCUT2D eigenvalue weighted by atomic mass is 10.1. The zero-order valence-electron chi connectivity index (χ0n) is 17.2. The average Bonchev–Trinajstić information content (AvgIpc) is 2.70. The molecule has 0 saturated heterocycles. The van der Waals surface area contributed by atoms with Crippen LogP contribution in [0.3, 0.4) is 0 Å². The van der Waals surface area contributed by atoms with Crippen molar-refractivity contribution in [3.63, 3.8) is 0 Å². The van der Waals surface area contributed by atoms with Crippen LogP contribution in [0.5, 0.6) is 0 Å². The number of amides is 1. The van der Waals surface area contributed by atoms with Gasteiger partial charge in [-0.1, -0.05) is 35.9 Å². The molecule has 0 bridgehead atoms. The second-order valence-electron chi connectivity index (χ2n) is 7.39. The van der Waals surface area contributed by atoms with E-state index in [-0.39, 0.29) is 10.9 Å². The number of sulfonamides is 1. The van der Waals surface area contributed by atoms with Gasteiger partial charge < -0.3 is 4.57 Å². The van der Waals surface area contributed by atoms with Crippen LogP contribution in [0.4, 0.5) is 0 Å². The fraction of sp³-hybridized carbons (Fsp3) is 0.217. The largest absolute Gasteiger partial charge is 0.328 e. The van der Waals surface area contributed by atoms with Gasteiger partial charge in [0.15, 0.2) is 0 Å². The van der Waals surface area contributed by atoms with Crippen LogP contribution in [0.25, 0.3) is 0 Å². The maximum atomic E-state index is 12.7. The van der Waals surface area contributed by atoms with Gasteiger partial charge in [-0.05, 0) is 62.7 Å². The van der Waals surface area contributed by atoms with E-state index in [0.717, 1.165) is 5.56 Å². The van der Waals surface area contributed by atoms with E-state index in [9.17, 15) is 13.2 Å². The number of nitrogens with zero attached hydrogens (tertiary/aromatic N) is 2. The van der Waals surface area contributed by atoms with Crippen LogP contribution in [0, 0.1) is 6.92 Å². The SMILES string of the molecule is Cc1ccc(Cn2ccccc2=NC(=O)c2ccc(S(=O)(=O)NC(C)C)cc2)cc1. The van der Waals surface area contributed by atoms with Crippen LogP contribution in [0.1, 0.15) is 35.3 Å². The Morgan fingerprint density at radius 2 is 1.67 bits per heavy atom. The molecule has 6 nitrogen and oxygen atoms in total. The molecule has 0 fully saturated rings. The summed E-state index contributed by atoms with van der Waals surface area (Å²) in [6.07, 6.45) is 1.87. The van der Waals surface area contributed by atoms with Crippen molar-refractivity contribution in [2.45, 2.75) is 38.3 Å². The minimum Gasteiger partial charge on any atom is -0.328 e. The van der Waals surface area contributed by atoms with Crippen LogP contribution in [-0.4, -0.2) is 24.9 Å². The Labute approximate surface area is 177 Å². The molecule has 1 heterocycles. The molecule has 0 aliphatic heterocycles. The highest BCUT2D eigenvalue weighted by molar-refractivity contribution is 7.89. The molecule has 0 saturated carbocycles. The smallest absolute Gasteiger partial charge is 0.278 e. The fourth-order valence-corrected chi connectivity index (χ4v) is 4.17. The molecule has 2 aromatic carbocycles. The van der Waals surface area contributed by atoms with Gasteiger partial charge in [-0.2, -0.15) is 4.99 Å². The highest BCUT2D eigenvalue weighted by atomic mass is 32.2. The second-order valence-corrected chi connectivity index (χ2v) is 9.10. The zero-order chi connectivity index (χ0) is 21.7. The molecule has 3 aromatic rings. The lowest BCUT2D eigenvalue weighted by molar-refractivity contribution is 0.0997. The minimum absolute atomic E-state index is 0.113. The Kier molecular flexibility index (Phi) is 6.64. The van der Waals surface area contributed by atoms with Crippen LogP contribution in [0.2, 0.25) is 0 Å². The van der Waals surface area contributed by atoms with Crippen LogP contribution >= 0.6 is 0 Å². The highest BCUT2D eigenvalue weighted by Crippen LogP contribution is 2.12. The van der Waals surface area contributed by atoms with E-state index < -0.39 is 15.9 Å². The Balaban J connectivity index is 1.85. The number of nitrogens with one attached hydrogen (secondary N) is 1. The fourth-order valence-electron chi connectivity index (χ4n) is 2.92. The van der Waals surface area contributed by atoms with Gasteiger partial charge in [-0.3, -0.25) is 4.79 Å². The molecule has 0 unspecified atom stereocenters. The van der Waals surface area contributed by atoms with Gasteiger partial charge >= 0.3 is 0 Å². The Morgan fingerprint density at radius 1 is 1.00 bits per heavy atom. The molecule has 3 rings (SSSR count). The van der Waals surface area contributed by atoms with E-state index in [4.69, 9.17) is 0 Å². The average molecular weight is 424 g/mol. The van der Waals surface area contributed by atoms with E-state index in [0.29, 0.717) is 17.6 Å². The van der Waals surface area contributed by atoms with Crippen LogP contribution < -0.4 is 10.2 Å². The number of carbonyl (C=O) groups is 1. The monoisotopic (exact) mass is 423 g/mol. The summed E-state index contributed by atoms with van der Waals surface area (Å²) in [5.41, 5.74) is 3.14. The van der Waals surface area contributed by atoms with E-state index >= 15 is 0 Å². The number of hydrogen-bond acceptors (Lipinski definition) is 3. The Morgan fingerprint density at radius 3 is 2.30 bits per heavy atom. The van der Waals surface area contributed by atoms with Gasteiger partial charge in [0, 0.05) is 24.3 Å². The number of hydrogen-bond donors (Lipinski definition) is 1. The first kappa shape index (κ1) is 21.7. The van der Waals surface area contributed by atoms with Crippen molar-refractivity contribution in [2.24, 2.45) is 4.99 Å². The maximum absolute atomic E-state index is 12.7. The molecule has 0 radical (unpaired) electrons. The van der Waals surface area contributed by atoms with Gasteiger partial charge in [0.25, 0.3) is 5.91 Å². The summed E-state index contributed by atoms with van der Waals surface area (Å²) in [7, 11) is -3.60. The molecule has 0 atom stereocenters. The third-order valence-electron chi connectivity index (χ3n) is 4.41. The first-order valence-corrected chi connectivity index (χ1v) is 11.2. The Bertz CT molecular complexity index is 1190. The second kappa shape index (κ2) is 9.19. The summed E-state index contributed by atoms with van der Waals surface area (Å²) in [6.45, 7) is 6.12. The predicted molar refractivity (Wildman–Crippen MR) is 117 cm³/mol. The minimum atomic E-state index is -3.60. The summed E-state index contributed by atoms with van der Waals surface area (Å²) >= 11 is 0. The first-order valence-electron chi connectivity index (χ1n) is 9.67. The van der Waals surface area contributed by atoms with Crippen LogP contribution in [0.15, 0.2) is 82.8 Å². The number of benzene rings is 2. The number of pyridine rings is 1. The first-order chi connectivity index (χ1) is 14.2. The zero-order valence-corrected chi connectivity index (χ0v) is 18.1. The van der Waals surface area contributed by atoms with Crippen molar-refractivity contribution in [3.8, 4) is 0 Å². The van der Waals surface area contributed by atoms with Crippen molar-refractivity contribution in [3.05, 3.63) is 95.1 Å². The standard InChI is InChI=1S/C23H25N3O3S/c1-17(2)25-30(28,29)21-13-11-20(12-14-21)23(27)24-22-6-4-5-15-26(22)16-19-9-7-18(3)8-10-19/h4-15,17,25H,16H2,1-3H3. The number of aromatic nitrogens is 1. The maximum Gasteiger partial charge on any atom is 0.278 e. The van der Waals surface area contributed by atoms with E-state index in [1.807, 2.05) is 54.1 Å². The van der Waals surface area contributed by atoms with Gasteiger partial charge in [0.05, 0.1) is 4.90 Å². The third kappa shape index (κ3) is 5.52. The van der Waals surface area contributed by atoms with Crippen molar-refractivity contribution in [2.75, 3.05) is 0 Å². The van der Waals surface area contributed by atoms with Crippen molar-refractivity contribution >= 4 is 15.9 Å². The molecular formula is C23H25N3O3S. The number of aryl methyl sites for hydroxylation is 1. The normalized spacial score (nSPS) is 12.3. The summed E-state index contributed by atoms with van der Waals surface area (Å²) in [4.78, 5) is 17.0. The van der Waals surface area contributed by atoms with E-state index in [2.05, 4.69) is 9.71 Å². The van der Waals surface area contributed by atoms with Gasteiger partial charge in [0.2, 0.25) is 10.0 Å². The molecule has 0 aliphatic carbocycles. The molecule has 0 spiro atoms. The van der Waals surface area contributed by atoms with Crippen LogP contribution in [-0.2, 0) is 16.6 Å². The van der Waals surface area contributed by atoms with E-state index in [1.165, 1.54) is 29.8 Å². The number of rotatable bonds is 6. The predicted octanol–water partition coefficient (Wildman–Crippen LogP) is 3.27. The molecule has 1 amide bonds. The molecule has 30 heavy (non-hydrogen) atoms. The van der Waals surface area contributed by atoms with Crippen molar-refractivity contribution in [1.82, 2.24) is 9.29 Å². The molecule has 1 N–H and O–H groups in total. The lowest BCUT2D eigenvalue weighted by Gasteiger charge is -2.09. The molecule has 7 heteroatoms. The lowest BCUT2D eigenvalue weighted by Crippen LogP contribution is -2.30. The van der Waals surface area contributed by atoms with Gasteiger partial charge in [-0.15, -0.1) is 0 Å². The Hall–Kier alpha value is -3.03. The summed E-state index contributed by atoms with van der Waals surface area (Å²) < 4.78 is 28.9. The molecule has 0 aliphatic rings. The highest BCUT2D eigenvalue weighted by Gasteiger charge is 2.16. The van der Waals surface area contributed by atoms with E-state index in [1.54, 1.807) is 19.9 Å². The van der Waals surface area contributed by atoms with Gasteiger partial charge in [-0.25, -0.2) is 13.1 Å². The van der Waals surface area contributed by atoms with Gasteiger partial charge in [0.1, 0.15) is 5.49 Å². The molecular weight excluding hydrogens is 398 g/mol. The number of carbonyl (C=O) groups excluding carboxylic acids is 1. The molecule has 156 valence electrons. The quantitative estimate of drug-likeness (QED) is 0.661. The summed E-state index contributed by atoms with van der Waals surface area (Å²) in [5, 5.41) is 0. The summed E-state index contributed by atoms with van der Waals surface area (Å²) in [6, 6.07) is 19.3. The third-order valence-corrected chi connectivity index (χ3v) is 6.08. The van der Waals surface area contributed by atoms with Crippen molar-refractivity contribution in [1.29, 1.82) is 0 Å². The topological polar surface area (TPSA) is 80.5 Å². The van der Waals surface area contributed by atoms with Crippen molar-refractivity contribution < 1.29 is 13.2 Å². The summed E-state index contributed by atoms with van der Waals surface area (Å²) in [5.74, 6) is -0.431. The molecule has 1 aromatic heterocycles.